The summed E-state index contributed by atoms with van der Waals surface area (Å²) in [6.45, 7) is 13.9. The normalized spacial score (nSPS) is 35.3. The lowest BCUT2D eigenvalue weighted by Gasteiger charge is -2.39. The van der Waals surface area contributed by atoms with Crippen LogP contribution in [0.1, 0.15) is 67.2 Å². The Morgan fingerprint density at radius 1 is 1.30 bits per heavy atom. The van der Waals surface area contributed by atoms with E-state index in [1.165, 1.54) is 19.3 Å². The molecule has 3 nitrogen and oxygen atoms in total. The molecule has 20 heavy (non-hydrogen) atoms. The zero-order chi connectivity index (χ0) is 15.2. The minimum absolute atomic E-state index is 0.101. The summed E-state index contributed by atoms with van der Waals surface area (Å²) < 4.78 is 0. The van der Waals surface area contributed by atoms with Crippen molar-refractivity contribution in [3.63, 3.8) is 0 Å². The van der Waals surface area contributed by atoms with Gasteiger partial charge in [0, 0.05) is 11.6 Å². The SMILES string of the molecule is CCC(C)(C)NC(=O)CN[C@@H]1C[C@H]2CC[C@@]1(C)C2(C)C. The molecule has 0 unspecified atom stereocenters. The number of nitrogens with one attached hydrogen (secondary N) is 2. The van der Waals surface area contributed by atoms with Gasteiger partial charge >= 0.3 is 0 Å². The highest BCUT2D eigenvalue weighted by Crippen LogP contribution is 2.65. The first kappa shape index (κ1) is 15.8. The molecule has 0 saturated heterocycles. The van der Waals surface area contributed by atoms with Gasteiger partial charge in [-0.15, -0.1) is 0 Å². The molecule has 3 heteroatoms. The van der Waals surface area contributed by atoms with Crippen LogP contribution in [0.4, 0.5) is 0 Å². The molecule has 2 rings (SSSR count). The summed E-state index contributed by atoms with van der Waals surface area (Å²) in [7, 11) is 0. The van der Waals surface area contributed by atoms with Gasteiger partial charge in [-0.3, -0.25) is 4.79 Å². The van der Waals surface area contributed by atoms with Crippen LogP contribution in [-0.4, -0.2) is 24.0 Å². The Morgan fingerprint density at radius 3 is 2.40 bits per heavy atom. The number of fused-ring (bicyclic) bond motifs is 2. The van der Waals surface area contributed by atoms with Crippen LogP contribution in [0, 0.1) is 16.7 Å². The van der Waals surface area contributed by atoms with Crippen LogP contribution in [0.25, 0.3) is 0 Å². The largest absolute Gasteiger partial charge is 0.350 e. The maximum Gasteiger partial charge on any atom is 0.234 e. The van der Waals surface area contributed by atoms with Gasteiger partial charge in [-0.1, -0.05) is 27.7 Å². The quantitative estimate of drug-likeness (QED) is 0.812. The third kappa shape index (κ3) is 2.49. The van der Waals surface area contributed by atoms with Crippen molar-refractivity contribution in [2.45, 2.75) is 78.8 Å². The number of rotatable bonds is 5. The van der Waals surface area contributed by atoms with Gasteiger partial charge in [0.2, 0.25) is 5.91 Å². The first-order valence-corrected chi connectivity index (χ1v) is 8.17. The number of hydrogen-bond donors (Lipinski definition) is 2. The Labute approximate surface area is 124 Å². The maximum absolute atomic E-state index is 12.1. The molecule has 3 atom stereocenters. The first-order valence-electron chi connectivity index (χ1n) is 8.17. The molecule has 2 N–H and O–H groups in total. The van der Waals surface area contributed by atoms with Gasteiger partial charge in [-0.2, -0.15) is 0 Å². The van der Waals surface area contributed by atoms with Crippen LogP contribution < -0.4 is 10.6 Å². The number of carbonyl (C=O) groups is 1. The maximum atomic E-state index is 12.1. The molecular weight excluding hydrogens is 248 g/mol. The number of hydrogen-bond acceptors (Lipinski definition) is 2. The Balaban J connectivity index is 1.89. The lowest BCUT2D eigenvalue weighted by molar-refractivity contribution is -0.122. The van der Waals surface area contributed by atoms with E-state index in [1.54, 1.807) is 0 Å². The topological polar surface area (TPSA) is 41.1 Å². The zero-order valence-electron chi connectivity index (χ0n) is 14.1. The fraction of sp³-hybridized carbons (Fsp3) is 0.941. The van der Waals surface area contributed by atoms with Crippen LogP contribution >= 0.6 is 0 Å². The summed E-state index contributed by atoms with van der Waals surface area (Å²) in [5.41, 5.74) is 0.651. The molecule has 1 amide bonds. The number of amides is 1. The van der Waals surface area contributed by atoms with Crippen molar-refractivity contribution in [2.75, 3.05) is 6.54 Å². The third-order valence-electron chi connectivity index (χ3n) is 6.66. The molecule has 2 bridgehead atoms. The van der Waals surface area contributed by atoms with E-state index in [2.05, 4.69) is 52.2 Å². The van der Waals surface area contributed by atoms with E-state index < -0.39 is 0 Å². The van der Waals surface area contributed by atoms with E-state index in [0.717, 1.165) is 12.3 Å². The van der Waals surface area contributed by atoms with E-state index in [-0.39, 0.29) is 11.4 Å². The first-order chi connectivity index (χ1) is 9.12. The highest BCUT2D eigenvalue weighted by Gasteiger charge is 2.61. The standard InChI is InChI=1S/C17H32N2O/c1-7-15(2,3)19-14(20)11-18-13-10-12-8-9-17(13,6)16(12,4)5/h12-13,18H,7-11H2,1-6H3,(H,19,20)/t12-,13-,17-/m1/s1. The van der Waals surface area contributed by atoms with Crippen LogP contribution in [0.2, 0.25) is 0 Å². The lowest BCUT2D eigenvalue weighted by atomic mass is 9.69. The number of carbonyl (C=O) groups excluding carboxylic acids is 1. The molecule has 0 aromatic rings. The van der Waals surface area contributed by atoms with Crippen LogP contribution in [-0.2, 0) is 4.79 Å². The Morgan fingerprint density at radius 2 is 1.95 bits per heavy atom. The summed E-state index contributed by atoms with van der Waals surface area (Å²) in [5.74, 6) is 0.946. The molecule has 0 spiro atoms. The predicted molar refractivity (Wildman–Crippen MR) is 83.5 cm³/mol. The summed E-state index contributed by atoms with van der Waals surface area (Å²) in [4.78, 5) is 12.1. The third-order valence-corrected chi connectivity index (χ3v) is 6.66. The smallest absolute Gasteiger partial charge is 0.234 e. The fourth-order valence-electron chi connectivity index (χ4n) is 4.24. The van der Waals surface area contributed by atoms with Crippen molar-refractivity contribution in [3.05, 3.63) is 0 Å². The van der Waals surface area contributed by atoms with Crippen molar-refractivity contribution >= 4 is 5.91 Å². The van der Waals surface area contributed by atoms with E-state index in [4.69, 9.17) is 0 Å². The molecule has 0 aromatic heterocycles. The summed E-state index contributed by atoms with van der Waals surface area (Å²) in [6.07, 6.45) is 4.84. The molecule has 0 aromatic carbocycles. The highest BCUT2D eigenvalue weighted by molar-refractivity contribution is 5.78. The minimum Gasteiger partial charge on any atom is -0.350 e. The molecule has 2 saturated carbocycles. The second-order valence-electron chi connectivity index (χ2n) is 8.33. The van der Waals surface area contributed by atoms with Gasteiger partial charge < -0.3 is 10.6 Å². The van der Waals surface area contributed by atoms with Crippen molar-refractivity contribution in [2.24, 2.45) is 16.7 Å². The summed E-state index contributed by atoms with van der Waals surface area (Å²) in [5, 5.41) is 6.65. The lowest BCUT2D eigenvalue weighted by Crippen LogP contribution is -2.51. The monoisotopic (exact) mass is 280 g/mol. The van der Waals surface area contributed by atoms with Crippen LogP contribution in [0.5, 0.6) is 0 Å². The Bertz CT molecular complexity index is 388. The summed E-state index contributed by atoms with van der Waals surface area (Å²) in [6, 6.07) is 0.492. The van der Waals surface area contributed by atoms with Crippen molar-refractivity contribution < 1.29 is 4.79 Å². The highest BCUT2D eigenvalue weighted by atomic mass is 16.2. The summed E-state index contributed by atoms with van der Waals surface area (Å²) >= 11 is 0. The van der Waals surface area contributed by atoms with E-state index in [0.29, 0.717) is 23.4 Å². The van der Waals surface area contributed by atoms with Gasteiger partial charge in [0.05, 0.1) is 6.54 Å². The molecule has 2 fully saturated rings. The van der Waals surface area contributed by atoms with E-state index >= 15 is 0 Å². The molecule has 0 radical (unpaired) electrons. The second-order valence-corrected chi connectivity index (χ2v) is 8.33. The van der Waals surface area contributed by atoms with Gasteiger partial charge in [0.1, 0.15) is 0 Å². The average molecular weight is 280 g/mol. The zero-order valence-corrected chi connectivity index (χ0v) is 14.1. The van der Waals surface area contributed by atoms with Gasteiger partial charge in [-0.25, -0.2) is 0 Å². The average Bonchev–Trinajstić information content (AvgIpc) is 2.68. The van der Waals surface area contributed by atoms with Crippen LogP contribution in [0.3, 0.4) is 0 Å². The molecule has 2 aliphatic rings. The van der Waals surface area contributed by atoms with Crippen molar-refractivity contribution in [1.29, 1.82) is 0 Å². The minimum atomic E-state index is -0.101. The van der Waals surface area contributed by atoms with E-state index in [9.17, 15) is 4.79 Å². The second kappa shape index (κ2) is 5.01. The van der Waals surface area contributed by atoms with Gasteiger partial charge in [-0.05, 0) is 56.3 Å². The van der Waals surface area contributed by atoms with Gasteiger partial charge in [0.15, 0.2) is 0 Å². The van der Waals surface area contributed by atoms with Crippen LogP contribution in [0.15, 0.2) is 0 Å². The predicted octanol–water partition coefficient (Wildman–Crippen LogP) is 3.10. The van der Waals surface area contributed by atoms with Crippen molar-refractivity contribution in [3.8, 4) is 0 Å². The van der Waals surface area contributed by atoms with Gasteiger partial charge in [0.25, 0.3) is 0 Å². The molecular formula is C17H32N2O. The Kier molecular flexibility index (Phi) is 3.96. The molecule has 2 aliphatic carbocycles. The Hall–Kier alpha value is -0.570. The molecule has 0 aliphatic heterocycles. The van der Waals surface area contributed by atoms with E-state index in [1.807, 2.05) is 0 Å². The fourth-order valence-corrected chi connectivity index (χ4v) is 4.24. The molecule has 0 heterocycles. The van der Waals surface area contributed by atoms with Crippen molar-refractivity contribution in [1.82, 2.24) is 10.6 Å². The molecule has 116 valence electrons.